The number of carbonyl (C=O) groups excluding carboxylic acids is 1. The molecule has 5 nitrogen and oxygen atoms in total. The molecule has 65 heavy (non-hydrogen) atoms. The van der Waals surface area contributed by atoms with Gasteiger partial charge in [0.15, 0.2) is 0 Å². The van der Waals surface area contributed by atoms with Crippen LogP contribution in [0.4, 0.5) is 0 Å². The molecule has 0 rings (SSSR count). The van der Waals surface area contributed by atoms with E-state index < -0.39 is 24.2 Å². The van der Waals surface area contributed by atoms with Crippen molar-refractivity contribution in [1.29, 1.82) is 0 Å². The van der Waals surface area contributed by atoms with Crippen LogP contribution in [0, 0.1) is 0 Å². The lowest BCUT2D eigenvalue weighted by atomic mass is 10.0. The van der Waals surface area contributed by atoms with E-state index in [4.69, 9.17) is 0 Å². The summed E-state index contributed by atoms with van der Waals surface area (Å²) in [6, 6.07) is -0.821. The average Bonchev–Trinajstić information content (AvgIpc) is 3.31. The second-order valence-corrected chi connectivity index (χ2v) is 19.8. The summed E-state index contributed by atoms with van der Waals surface area (Å²) in [5.41, 5.74) is 0. The number of carbonyl (C=O) groups is 1. The van der Waals surface area contributed by atoms with Crippen molar-refractivity contribution in [1.82, 2.24) is 5.32 Å². The molecule has 4 N–H and O–H groups in total. The molecule has 0 aliphatic carbocycles. The minimum atomic E-state index is -1.11. The predicted molar refractivity (Wildman–Crippen MR) is 287 cm³/mol. The largest absolute Gasteiger partial charge is 0.394 e. The van der Waals surface area contributed by atoms with Crippen molar-refractivity contribution in [3.05, 3.63) is 48.6 Å². The molecular formula is C60H113NO4. The standard InChI is InChI=1S/C60H113NO4/c1-3-5-7-9-11-13-15-17-19-20-21-22-23-24-25-26-27-28-29-30-31-32-33-34-35-36-37-38-39-41-43-45-47-49-51-53-55-59(64)60(65)61-57(56-62)58(63)54-52-50-48-46-44-42-40-18-16-14-12-10-8-6-4-2/h16,18,28-29,44,46,52,54,57-59,62-64H,3-15,17,19-27,30-43,45,47-51,53,55-56H2,1-2H3,(H,61,65)/b18-16+,29-28-,46-44+,54-52+. The molecule has 0 aromatic carbocycles. The van der Waals surface area contributed by atoms with Crippen LogP contribution in [0.25, 0.3) is 0 Å². The molecule has 382 valence electrons. The fraction of sp³-hybridized carbons (Fsp3) is 0.850. The number of aliphatic hydroxyl groups is 3. The Hall–Kier alpha value is -1.69. The first kappa shape index (κ1) is 63.3. The molecule has 0 saturated carbocycles. The van der Waals surface area contributed by atoms with Gasteiger partial charge in [0.2, 0.25) is 5.91 Å². The number of nitrogens with one attached hydrogen (secondary N) is 1. The van der Waals surface area contributed by atoms with Crippen LogP contribution in [0.3, 0.4) is 0 Å². The van der Waals surface area contributed by atoms with Gasteiger partial charge in [-0.1, -0.05) is 281 Å². The molecule has 3 unspecified atom stereocenters. The summed E-state index contributed by atoms with van der Waals surface area (Å²) in [5, 5.41) is 33.2. The number of unbranched alkanes of at least 4 members (excludes halogenated alkanes) is 39. The van der Waals surface area contributed by atoms with Crippen molar-refractivity contribution in [2.45, 2.75) is 321 Å². The van der Waals surface area contributed by atoms with Crippen molar-refractivity contribution in [3.8, 4) is 0 Å². The zero-order valence-corrected chi connectivity index (χ0v) is 43.6. The third-order valence-electron chi connectivity index (χ3n) is 13.4. The van der Waals surface area contributed by atoms with Crippen LogP contribution in [0.1, 0.15) is 303 Å². The normalized spacial score (nSPS) is 13.6. The molecule has 1 amide bonds. The van der Waals surface area contributed by atoms with Crippen LogP contribution >= 0.6 is 0 Å². The second-order valence-electron chi connectivity index (χ2n) is 19.8. The fourth-order valence-electron chi connectivity index (χ4n) is 8.86. The molecule has 0 bridgehead atoms. The first-order chi connectivity index (χ1) is 32.1. The highest BCUT2D eigenvalue weighted by Crippen LogP contribution is 2.17. The summed E-state index contributed by atoms with van der Waals surface area (Å²) in [5.74, 6) is -0.515. The maximum atomic E-state index is 12.5. The molecule has 0 radical (unpaired) electrons. The maximum absolute atomic E-state index is 12.5. The van der Waals surface area contributed by atoms with E-state index in [9.17, 15) is 20.1 Å². The Morgan fingerprint density at radius 3 is 0.938 bits per heavy atom. The van der Waals surface area contributed by atoms with Crippen LogP contribution < -0.4 is 5.32 Å². The van der Waals surface area contributed by atoms with E-state index in [1.807, 2.05) is 6.08 Å². The second kappa shape index (κ2) is 54.9. The van der Waals surface area contributed by atoms with E-state index in [1.165, 1.54) is 238 Å². The summed E-state index contributed by atoms with van der Waals surface area (Å²) < 4.78 is 0. The summed E-state index contributed by atoms with van der Waals surface area (Å²) in [6.07, 6.45) is 73.6. The van der Waals surface area contributed by atoms with Crippen LogP contribution in [0.15, 0.2) is 48.6 Å². The maximum Gasteiger partial charge on any atom is 0.249 e. The number of allylic oxidation sites excluding steroid dienone is 7. The lowest BCUT2D eigenvalue weighted by molar-refractivity contribution is -0.131. The SMILES string of the molecule is CCCCCCC/C=C/CC/C=C/CC/C=C/C(O)C(CO)NC(=O)C(O)CCCCCCCCCCCCCCCCCC/C=C\CCCCCCCCCCCCCCCCCC. The fourth-order valence-corrected chi connectivity index (χ4v) is 8.86. The van der Waals surface area contributed by atoms with Crippen molar-refractivity contribution >= 4 is 5.91 Å². The third kappa shape index (κ3) is 50.0. The number of rotatable bonds is 53. The number of hydrogen-bond acceptors (Lipinski definition) is 4. The van der Waals surface area contributed by atoms with Gasteiger partial charge in [-0.05, 0) is 70.6 Å². The first-order valence-electron chi connectivity index (χ1n) is 29.0. The van der Waals surface area contributed by atoms with Gasteiger partial charge in [-0.3, -0.25) is 4.79 Å². The van der Waals surface area contributed by atoms with E-state index >= 15 is 0 Å². The van der Waals surface area contributed by atoms with Gasteiger partial charge in [-0.2, -0.15) is 0 Å². The minimum absolute atomic E-state index is 0.381. The molecule has 0 saturated heterocycles. The van der Waals surface area contributed by atoms with E-state index in [-0.39, 0.29) is 6.61 Å². The van der Waals surface area contributed by atoms with Gasteiger partial charge >= 0.3 is 0 Å². The topological polar surface area (TPSA) is 89.8 Å². The molecule has 5 heteroatoms. The van der Waals surface area contributed by atoms with Crippen molar-refractivity contribution in [3.63, 3.8) is 0 Å². The van der Waals surface area contributed by atoms with Gasteiger partial charge in [0, 0.05) is 0 Å². The van der Waals surface area contributed by atoms with Gasteiger partial charge in [0.25, 0.3) is 0 Å². The highest BCUT2D eigenvalue weighted by Gasteiger charge is 2.22. The van der Waals surface area contributed by atoms with Gasteiger partial charge in [-0.15, -0.1) is 0 Å². The van der Waals surface area contributed by atoms with Crippen LogP contribution in [-0.4, -0.2) is 46.1 Å². The first-order valence-corrected chi connectivity index (χ1v) is 29.0. The van der Waals surface area contributed by atoms with E-state index in [1.54, 1.807) is 6.08 Å². The van der Waals surface area contributed by atoms with Crippen molar-refractivity contribution < 1.29 is 20.1 Å². The van der Waals surface area contributed by atoms with Crippen LogP contribution in [0.2, 0.25) is 0 Å². The Morgan fingerprint density at radius 1 is 0.369 bits per heavy atom. The Balaban J connectivity index is 3.51. The Morgan fingerprint density at radius 2 is 0.631 bits per heavy atom. The summed E-state index contributed by atoms with van der Waals surface area (Å²) in [7, 11) is 0. The summed E-state index contributed by atoms with van der Waals surface area (Å²) in [4.78, 5) is 12.5. The van der Waals surface area contributed by atoms with Gasteiger partial charge in [0.1, 0.15) is 6.10 Å². The Kier molecular flexibility index (Phi) is 53.5. The van der Waals surface area contributed by atoms with Crippen LogP contribution in [0.5, 0.6) is 0 Å². The monoisotopic (exact) mass is 912 g/mol. The molecule has 0 fully saturated rings. The zero-order valence-electron chi connectivity index (χ0n) is 43.6. The molecule has 0 aromatic rings. The average molecular weight is 913 g/mol. The Bertz CT molecular complexity index is 1050. The molecule has 0 aliphatic rings. The molecule has 0 spiro atoms. The zero-order chi connectivity index (χ0) is 47.2. The highest BCUT2D eigenvalue weighted by molar-refractivity contribution is 5.80. The predicted octanol–water partition coefficient (Wildman–Crippen LogP) is 18.0. The highest BCUT2D eigenvalue weighted by atomic mass is 16.3. The van der Waals surface area contributed by atoms with Gasteiger partial charge in [0.05, 0.1) is 18.8 Å². The quantitative estimate of drug-likeness (QED) is 0.0361. The minimum Gasteiger partial charge on any atom is -0.394 e. The molecule has 0 aromatic heterocycles. The van der Waals surface area contributed by atoms with Crippen molar-refractivity contribution in [2.24, 2.45) is 0 Å². The number of hydrogen-bond donors (Lipinski definition) is 4. The lowest BCUT2D eigenvalue weighted by Gasteiger charge is -2.21. The van der Waals surface area contributed by atoms with Gasteiger partial charge < -0.3 is 20.6 Å². The lowest BCUT2D eigenvalue weighted by Crippen LogP contribution is -2.48. The summed E-state index contributed by atoms with van der Waals surface area (Å²) >= 11 is 0. The Labute approximate surface area is 406 Å². The smallest absolute Gasteiger partial charge is 0.249 e. The van der Waals surface area contributed by atoms with E-state index in [2.05, 4.69) is 55.6 Å². The van der Waals surface area contributed by atoms with Gasteiger partial charge in [-0.25, -0.2) is 0 Å². The van der Waals surface area contributed by atoms with Crippen molar-refractivity contribution in [2.75, 3.05) is 6.61 Å². The number of aliphatic hydroxyl groups excluding tert-OH is 3. The molecule has 3 atom stereocenters. The summed E-state index contributed by atoms with van der Waals surface area (Å²) in [6.45, 7) is 4.17. The molecular weight excluding hydrogens is 799 g/mol. The van der Waals surface area contributed by atoms with Crippen LogP contribution in [-0.2, 0) is 4.79 Å². The number of amides is 1. The molecule has 0 aliphatic heterocycles. The molecule has 0 heterocycles. The third-order valence-corrected chi connectivity index (χ3v) is 13.4. The van der Waals surface area contributed by atoms with E-state index in [0.29, 0.717) is 6.42 Å². The van der Waals surface area contributed by atoms with E-state index in [0.717, 1.165) is 44.9 Å².